The maximum Gasteiger partial charge on any atom is 0.146 e. The summed E-state index contributed by atoms with van der Waals surface area (Å²) in [7, 11) is 0. The third kappa shape index (κ3) is 4.28. The van der Waals surface area contributed by atoms with Crippen molar-refractivity contribution in [1.29, 1.82) is 0 Å². The number of halogens is 3. The Morgan fingerprint density at radius 2 is 2.19 bits per heavy atom. The lowest BCUT2D eigenvalue weighted by molar-refractivity contribution is 0.576. The summed E-state index contributed by atoms with van der Waals surface area (Å²) < 4.78 is 13.5. The molecule has 0 heterocycles. The molecule has 0 radical (unpaired) electrons. The van der Waals surface area contributed by atoms with Gasteiger partial charge in [0, 0.05) is 24.0 Å². The molecule has 1 aromatic rings. The van der Waals surface area contributed by atoms with Crippen molar-refractivity contribution in [3.8, 4) is 0 Å². The fraction of sp³-hybridized carbons (Fsp3) is 0.500. The number of hydrogen-bond acceptors (Lipinski definition) is 1. The Hall–Kier alpha value is -0.310. The molecule has 0 aromatic heterocycles. The number of benzene rings is 1. The van der Waals surface area contributed by atoms with Crippen LogP contribution in [0.3, 0.4) is 0 Å². The molecule has 0 spiro atoms. The highest BCUT2D eigenvalue weighted by molar-refractivity contribution is 6.30. The summed E-state index contributed by atoms with van der Waals surface area (Å²) in [5.41, 5.74) is 0.577. The third-order valence-electron chi connectivity index (χ3n) is 2.31. The van der Waals surface area contributed by atoms with Crippen LogP contribution in [0.1, 0.15) is 25.3 Å². The van der Waals surface area contributed by atoms with Crippen LogP contribution in [0.4, 0.5) is 4.39 Å². The largest absolute Gasteiger partial charge is 0.311 e. The predicted molar refractivity (Wildman–Crippen MR) is 67.7 cm³/mol. The van der Waals surface area contributed by atoms with E-state index in [4.69, 9.17) is 23.2 Å². The highest BCUT2D eigenvalue weighted by Gasteiger charge is 2.07. The van der Waals surface area contributed by atoms with E-state index in [1.54, 1.807) is 18.2 Å². The van der Waals surface area contributed by atoms with Crippen LogP contribution in [0.2, 0.25) is 5.02 Å². The highest BCUT2D eigenvalue weighted by atomic mass is 35.5. The Bertz CT molecular complexity index is 331. The zero-order chi connectivity index (χ0) is 12.0. The van der Waals surface area contributed by atoms with Crippen molar-refractivity contribution in [3.05, 3.63) is 34.6 Å². The first-order valence-corrected chi connectivity index (χ1v) is 6.24. The van der Waals surface area contributed by atoms with Gasteiger partial charge < -0.3 is 5.32 Å². The molecule has 1 N–H and O–H groups in total. The first kappa shape index (κ1) is 13.8. The summed E-state index contributed by atoms with van der Waals surface area (Å²) in [6.07, 6.45) is 2.02. The van der Waals surface area contributed by atoms with E-state index in [-0.39, 0.29) is 16.2 Å². The molecule has 0 aliphatic heterocycles. The molecule has 1 rings (SSSR count). The van der Waals surface area contributed by atoms with Crippen molar-refractivity contribution in [3.63, 3.8) is 0 Å². The highest BCUT2D eigenvalue weighted by Crippen LogP contribution is 2.17. The maximum absolute atomic E-state index is 13.5. The Labute approximate surface area is 106 Å². The molecule has 1 unspecified atom stereocenters. The molecule has 0 saturated carbocycles. The van der Waals surface area contributed by atoms with Gasteiger partial charge in [-0.15, -0.1) is 11.6 Å². The van der Waals surface area contributed by atoms with E-state index in [0.29, 0.717) is 18.7 Å². The molecular weight excluding hydrogens is 248 g/mol. The normalized spacial score (nSPS) is 12.8. The molecule has 0 aliphatic rings. The van der Waals surface area contributed by atoms with E-state index < -0.39 is 0 Å². The second kappa shape index (κ2) is 7.10. The van der Waals surface area contributed by atoms with Gasteiger partial charge in [-0.3, -0.25) is 0 Å². The van der Waals surface area contributed by atoms with Crippen LogP contribution in [-0.4, -0.2) is 11.9 Å². The summed E-state index contributed by atoms with van der Waals surface area (Å²) in [6.45, 7) is 3.23. The maximum atomic E-state index is 13.5. The van der Waals surface area contributed by atoms with Crippen LogP contribution >= 0.6 is 23.2 Å². The van der Waals surface area contributed by atoms with E-state index in [9.17, 15) is 4.39 Å². The quantitative estimate of drug-likeness (QED) is 0.766. The summed E-state index contributed by atoms with van der Waals surface area (Å²) in [6, 6.07) is 5.01. The number of nitrogens with one attached hydrogen (secondary N) is 1. The topological polar surface area (TPSA) is 12.0 Å². The fourth-order valence-corrected chi connectivity index (χ4v) is 1.99. The van der Waals surface area contributed by atoms with Gasteiger partial charge in [0.05, 0.1) is 5.02 Å². The summed E-state index contributed by atoms with van der Waals surface area (Å²) >= 11 is 11.7. The first-order valence-electron chi connectivity index (χ1n) is 5.42. The van der Waals surface area contributed by atoms with Crippen LogP contribution in [0.5, 0.6) is 0 Å². The summed E-state index contributed by atoms with van der Waals surface area (Å²) in [4.78, 5) is 0. The van der Waals surface area contributed by atoms with Crippen molar-refractivity contribution in [2.45, 2.75) is 31.7 Å². The standard InChI is InChI=1S/C12H16Cl2FN/c1-2-4-10(13)8-16-7-9-5-3-6-11(14)12(9)15/h3,5-6,10,16H,2,4,7-8H2,1H3. The summed E-state index contributed by atoms with van der Waals surface area (Å²) in [5, 5.41) is 3.39. The second-order valence-corrected chi connectivity index (χ2v) is 4.75. The molecule has 1 atom stereocenters. The first-order chi connectivity index (χ1) is 7.65. The predicted octanol–water partition coefficient (Wildman–Crippen LogP) is 3.98. The van der Waals surface area contributed by atoms with Gasteiger partial charge in [-0.1, -0.05) is 37.1 Å². The molecule has 0 aliphatic carbocycles. The van der Waals surface area contributed by atoms with Gasteiger partial charge in [-0.2, -0.15) is 0 Å². The third-order valence-corrected chi connectivity index (χ3v) is 2.98. The van der Waals surface area contributed by atoms with E-state index in [1.165, 1.54) is 0 Å². The molecular formula is C12H16Cl2FN. The number of rotatable bonds is 6. The van der Waals surface area contributed by atoms with Crippen molar-refractivity contribution >= 4 is 23.2 Å². The minimum absolute atomic E-state index is 0.104. The zero-order valence-electron chi connectivity index (χ0n) is 9.27. The van der Waals surface area contributed by atoms with Crippen LogP contribution in [0.25, 0.3) is 0 Å². The van der Waals surface area contributed by atoms with Gasteiger partial charge in [0.2, 0.25) is 0 Å². The molecule has 0 fully saturated rings. The minimum Gasteiger partial charge on any atom is -0.311 e. The van der Waals surface area contributed by atoms with E-state index in [2.05, 4.69) is 12.2 Å². The lowest BCUT2D eigenvalue weighted by atomic mass is 10.2. The Morgan fingerprint density at radius 3 is 2.88 bits per heavy atom. The van der Waals surface area contributed by atoms with E-state index in [0.717, 1.165) is 12.8 Å². The van der Waals surface area contributed by atoms with Crippen LogP contribution in [0, 0.1) is 5.82 Å². The Balaban J connectivity index is 2.40. The van der Waals surface area contributed by atoms with Gasteiger partial charge >= 0.3 is 0 Å². The molecule has 16 heavy (non-hydrogen) atoms. The molecule has 0 amide bonds. The van der Waals surface area contributed by atoms with Crippen LogP contribution < -0.4 is 5.32 Å². The molecule has 1 aromatic carbocycles. The van der Waals surface area contributed by atoms with Crippen molar-refractivity contribution < 1.29 is 4.39 Å². The summed E-state index contributed by atoms with van der Waals surface area (Å²) in [5.74, 6) is -0.349. The number of hydrogen-bond donors (Lipinski definition) is 1. The van der Waals surface area contributed by atoms with Crippen molar-refractivity contribution in [2.24, 2.45) is 0 Å². The smallest absolute Gasteiger partial charge is 0.146 e. The lowest BCUT2D eigenvalue weighted by Crippen LogP contribution is -2.23. The lowest BCUT2D eigenvalue weighted by Gasteiger charge is -2.10. The SMILES string of the molecule is CCCC(Cl)CNCc1cccc(Cl)c1F. The molecule has 90 valence electrons. The number of alkyl halides is 1. The minimum atomic E-state index is -0.349. The van der Waals surface area contributed by atoms with Gasteiger partial charge in [0.25, 0.3) is 0 Å². The molecule has 0 bridgehead atoms. The van der Waals surface area contributed by atoms with Crippen molar-refractivity contribution in [1.82, 2.24) is 5.32 Å². The van der Waals surface area contributed by atoms with Crippen molar-refractivity contribution in [2.75, 3.05) is 6.54 Å². The van der Waals surface area contributed by atoms with Gasteiger partial charge in [0.15, 0.2) is 0 Å². The van der Waals surface area contributed by atoms with Gasteiger partial charge in [0.1, 0.15) is 5.82 Å². The Morgan fingerprint density at radius 1 is 1.44 bits per heavy atom. The Kier molecular flexibility index (Phi) is 6.10. The molecule has 4 heteroatoms. The van der Waals surface area contributed by atoms with E-state index in [1.807, 2.05) is 0 Å². The van der Waals surface area contributed by atoms with E-state index >= 15 is 0 Å². The zero-order valence-corrected chi connectivity index (χ0v) is 10.8. The van der Waals surface area contributed by atoms with Gasteiger partial charge in [-0.25, -0.2) is 4.39 Å². The molecule has 0 saturated heterocycles. The monoisotopic (exact) mass is 263 g/mol. The average Bonchev–Trinajstić information content (AvgIpc) is 2.25. The average molecular weight is 264 g/mol. The van der Waals surface area contributed by atoms with Crippen LogP contribution in [0.15, 0.2) is 18.2 Å². The van der Waals surface area contributed by atoms with Crippen LogP contribution in [-0.2, 0) is 6.54 Å². The fourth-order valence-electron chi connectivity index (χ4n) is 1.46. The van der Waals surface area contributed by atoms with Gasteiger partial charge in [-0.05, 0) is 12.5 Å². The molecule has 1 nitrogen and oxygen atoms in total. The second-order valence-electron chi connectivity index (χ2n) is 3.73.